The van der Waals surface area contributed by atoms with Crippen molar-refractivity contribution in [2.45, 2.75) is 20.8 Å². The molecule has 0 radical (unpaired) electrons. The summed E-state index contributed by atoms with van der Waals surface area (Å²) in [6.45, 7) is 4.93. The lowest BCUT2D eigenvalue weighted by molar-refractivity contribution is -0.146. The van der Waals surface area contributed by atoms with E-state index in [1.54, 1.807) is 45.0 Å². The van der Waals surface area contributed by atoms with Gasteiger partial charge in [-0.15, -0.1) is 0 Å². The molecule has 30 heavy (non-hydrogen) atoms. The number of carbonyl (C=O) groups is 3. The first-order valence-corrected chi connectivity index (χ1v) is 9.45. The second-order valence-corrected chi connectivity index (χ2v) is 6.06. The predicted molar refractivity (Wildman–Crippen MR) is 111 cm³/mol. The van der Waals surface area contributed by atoms with Crippen molar-refractivity contribution in [1.82, 2.24) is 0 Å². The Labute approximate surface area is 176 Å². The molecule has 0 saturated heterocycles. The highest BCUT2D eigenvalue weighted by atomic mass is 16.6. The Balaban J connectivity index is 3.74. The molecule has 0 heterocycles. The normalized spacial score (nSPS) is 10.8. The SMILES string of the molecule is CCOC(=O)C(=C/C(=C(/C#N)C(=O)OCC)c1ccc(N(C)C)cc1)C(=O)OCC. The van der Waals surface area contributed by atoms with Gasteiger partial charge in [-0.2, -0.15) is 5.26 Å². The summed E-state index contributed by atoms with van der Waals surface area (Å²) >= 11 is 0. The monoisotopic (exact) mass is 414 g/mol. The van der Waals surface area contributed by atoms with E-state index in [0.717, 1.165) is 11.8 Å². The number of esters is 3. The average molecular weight is 414 g/mol. The molecule has 0 fully saturated rings. The van der Waals surface area contributed by atoms with E-state index in [-0.39, 0.29) is 31.0 Å². The molecular formula is C22H26N2O6. The molecule has 0 aliphatic carbocycles. The van der Waals surface area contributed by atoms with Crippen molar-refractivity contribution in [1.29, 1.82) is 5.26 Å². The lowest BCUT2D eigenvalue weighted by atomic mass is 9.97. The first-order chi connectivity index (χ1) is 14.3. The molecule has 0 unspecified atom stereocenters. The van der Waals surface area contributed by atoms with Gasteiger partial charge in [0, 0.05) is 25.4 Å². The average Bonchev–Trinajstić information content (AvgIpc) is 2.71. The van der Waals surface area contributed by atoms with Crippen molar-refractivity contribution < 1.29 is 28.6 Å². The summed E-state index contributed by atoms with van der Waals surface area (Å²) < 4.78 is 14.9. The lowest BCUT2D eigenvalue weighted by Crippen LogP contribution is -2.19. The molecule has 1 aromatic carbocycles. The van der Waals surface area contributed by atoms with Crippen LogP contribution in [-0.2, 0) is 28.6 Å². The first-order valence-electron chi connectivity index (χ1n) is 9.45. The standard InChI is InChI=1S/C22H26N2O6/c1-6-28-20(25)18(21(26)29-7-2)13-17(19(14-23)22(27)30-8-3)15-9-11-16(12-10-15)24(4)5/h9-13H,6-8H2,1-5H3/b19-17+. The number of allylic oxidation sites excluding steroid dienone is 2. The molecule has 0 amide bonds. The van der Waals surface area contributed by atoms with Crippen LogP contribution in [0.15, 0.2) is 41.5 Å². The number of hydrogen-bond acceptors (Lipinski definition) is 8. The summed E-state index contributed by atoms with van der Waals surface area (Å²) in [5.74, 6) is -2.70. The highest BCUT2D eigenvalue weighted by molar-refractivity contribution is 6.17. The van der Waals surface area contributed by atoms with Gasteiger partial charge in [-0.3, -0.25) is 0 Å². The largest absolute Gasteiger partial charge is 0.462 e. The van der Waals surface area contributed by atoms with Crippen LogP contribution >= 0.6 is 0 Å². The zero-order valence-electron chi connectivity index (χ0n) is 17.9. The summed E-state index contributed by atoms with van der Waals surface area (Å²) in [6, 6.07) is 8.71. The molecule has 1 aromatic rings. The van der Waals surface area contributed by atoms with E-state index in [4.69, 9.17) is 14.2 Å². The Hall–Kier alpha value is -3.60. The topological polar surface area (TPSA) is 106 Å². The van der Waals surface area contributed by atoms with E-state index < -0.39 is 23.5 Å². The maximum atomic E-state index is 12.4. The van der Waals surface area contributed by atoms with Gasteiger partial charge in [-0.05, 0) is 44.5 Å². The van der Waals surface area contributed by atoms with Crippen LogP contribution in [0.4, 0.5) is 5.69 Å². The van der Waals surface area contributed by atoms with Crippen molar-refractivity contribution in [3.05, 3.63) is 47.1 Å². The van der Waals surface area contributed by atoms with Crippen molar-refractivity contribution in [2.75, 3.05) is 38.8 Å². The minimum atomic E-state index is -0.917. The molecule has 0 aromatic heterocycles. The van der Waals surface area contributed by atoms with Crippen molar-refractivity contribution in [3.63, 3.8) is 0 Å². The fraction of sp³-hybridized carbons (Fsp3) is 0.364. The van der Waals surface area contributed by atoms with E-state index in [9.17, 15) is 19.6 Å². The number of rotatable bonds is 9. The highest BCUT2D eigenvalue weighted by Gasteiger charge is 2.25. The number of benzene rings is 1. The summed E-state index contributed by atoms with van der Waals surface area (Å²) in [4.78, 5) is 39.0. The van der Waals surface area contributed by atoms with E-state index in [2.05, 4.69) is 0 Å². The number of nitrogens with zero attached hydrogens (tertiary/aromatic N) is 2. The van der Waals surface area contributed by atoms with Gasteiger partial charge in [0.15, 0.2) is 0 Å². The van der Waals surface area contributed by atoms with Crippen LogP contribution in [0.2, 0.25) is 0 Å². The summed E-state index contributed by atoms with van der Waals surface area (Å²) in [7, 11) is 3.73. The van der Waals surface area contributed by atoms with E-state index in [0.29, 0.717) is 5.56 Å². The van der Waals surface area contributed by atoms with Crippen molar-refractivity contribution in [2.24, 2.45) is 0 Å². The molecule has 8 heteroatoms. The van der Waals surface area contributed by atoms with Crippen LogP contribution in [0.5, 0.6) is 0 Å². The number of anilines is 1. The maximum absolute atomic E-state index is 12.4. The molecule has 0 aliphatic heterocycles. The molecule has 8 nitrogen and oxygen atoms in total. The molecule has 0 bridgehead atoms. The third-order valence-electron chi connectivity index (χ3n) is 3.83. The number of hydrogen-bond donors (Lipinski definition) is 0. The Morgan fingerprint density at radius 1 is 0.900 bits per heavy atom. The van der Waals surface area contributed by atoms with Crippen LogP contribution in [0.1, 0.15) is 26.3 Å². The van der Waals surface area contributed by atoms with Gasteiger partial charge in [-0.25, -0.2) is 14.4 Å². The van der Waals surface area contributed by atoms with Gasteiger partial charge < -0.3 is 19.1 Å². The van der Waals surface area contributed by atoms with E-state index in [1.807, 2.05) is 25.1 Å². The lowest BCUT2D eigenvalue weighted by Gasteiger charge is -2.14. The Morgan fingerprint density at radius 2 is 1.37 bits per heavy atom. The van der Waals surface area contributed by atoms with Gasteiger partial charge in [0.2, 0.25) is 0 Å². The number of carbonyl (C=O) groups excluding carboxylic acids is 3. The fourth-order valence-electron chi connectivity index (χ4n) is 2.42. The minimum absolute atomic E-state index is 0.0368. The Kier molecular flexibility index (Phi) is 9.83. The van der Waals surface area contributed by atoms with Gasteiger partial charge in [0.1, 0.15) is 17.2 Å². The van der Waals surface area contributed by atoms with Crippen molar-refractivity contribution in [3.8, 4) is 6.07 Å². The fourth-order valence-corrected chi connectivity index (χ4v) is 2.42. The Morgan fingerprint density at radius 3 is 1.77 bits per heavy atom. The molecule has 0 spiro atoms. The predicted octanol–water partition coefficient (Wildman–Crippen LogP) is 2.65. The zero-order chi connectivity index (χ0) is 22.7. The van der Waals surface area contributed by atoms with E-state index in [1.165, 1.54) is 0 Å². The maximum Gasteiger partial charge on any atom is 0.349 e. The van der Waals surface area contributed by atoms with Gasteiger partial charge in [0.25, 0.3) is 0 Å². The molecule has 160 valence electrons. The molecule has 1 rings (SSSR count). The van der Waals surface area contributed by atoms with Crippen LogP contribution in [0.25, 0.3) is 5.57 Å². The van der Waals surface area contributed by atoms with Crippen LogP contribution in [0, 0.1) is 11.3 Å². The third kappa shape index (κ3) is 6.48. The summed E-state index contributed by atoms with van der Waals surface area (Å²) in [6.07, 6.45) is 1.14. The summed E-state index contributed by atoms with van der Waals surface area (Å²) in [5, 5.41) is 9.62. The molecule has 0 aliphatic rings. The van der Waals surface area contributed by atoms with Gasteiger partial charge in [-0.1, -0.05) is 12.1 Å². The third-order valence-corrected chi connectivity index (χ3v) is 3.83. The van der Waals surface area contributed by atoms with E-state index >= 15 is 0 Å². The Bertz CT molecular complexity index is 856. The first kappa shape index (κ1) is 24.4. The molecular weight excluding hydrogens is 388 g/mol. The summed E-state index contributed by atoms with van der Waals surface area (Å²) in [5.41, 5.74) is 0.601. The minimum Gasteiger partial charge on any atom is -0.462 e. The second kappa shape index (κ2) is 12.1. The van der Waals surface area contributed by atoms with Crippen LogP contribution < -0.4 is 4.90 Å². The molecule has 0 atom stereocenters. The number of ether oxygens (including phenoxy) is 3. The zero-order valence-corrected chi connectivity index (χ0v) is 17.9. The molecule has 0 N–H and O–H groups in total. The number of nitriles is 1. The highest BCUT2D eigenvalue weighted by Crippen LogP contribution is 2.26. The van der Waals surface area contributed by atoms with Gasteiger partial charge in [0.05, 0.1) is 19.8 Å². The molecule has 0 saturated carbocycles. The van der Waals surface area contributed by atoms with Crippen LogP contribution in [-0.4, -0.2) is 51.8 Å². The van der Waals surface area contributed by atoms with Crippen LogP contribution in [0.3, 0.4) is 0 Å². The smallest absolute Gasteiger partial charge is 0.349 e. The van der Waals surface area contributed by atoms with Crippen molar-refractivity contribution >= 4 is 29.2 Å². The quantitative estimate of drug-likeness (QED) is 0.115. The van der Waals surface area contributed by atoms with Gasteiger partial charge >= 0.3 is 17.9 Å². The second-order valence-electron chi connectivity index (χ2n) is 6.06.